The lowest BCUT2D eigenvalue weighted by molar-refractivity contribution is -0.146. The van der Waals surface area contributed by atoms with Gasteiger partial charge in [0.25, 0.3) is 5.91 Å². The Morgan fingerprint density at radius 3 is 2.14 bits per heavy atom. The van der Waals surface area contributed by atoms with E-state index in [1.807, 2.05) is 25.6 Å². The fraction of sp³-hybridized carbons (Fsp3) is 0.541. The molecule has 4 amide bonds. The van der Waals surface area contributed by atoms with Gasteiger partial charge < -0.3 is 40.2 Å². The van der Waals surface area contributed by atoms with Crippen LogP contribution in [0.15, 0.2) is 42.5 Å². The van der Waals surface area contributed by atoms with Crippen molar-refractivity contribution in [3.05, 3.63) is 48.0 Å². The van der Waals surface area contributed by atoms with E-state index in [2.05, 4.69) is 21.3 Å². The Hall–Kier alpha value is -4.46. The van der Waals surface area contributed by atoms with Crippen LogP contribution < -0.4 is 30.7 Å². The van der Waals surface area contributed by atoms with Gasteiger partial charge in [0.15, 0.2) is 13.2 Å². The molecule has 3 atom stereocenters. The van der Waals surface area contributed by atoms with Crippen LogP contribution in [-0.2, 0) is 23.9 Å². The van der Waals surface area contributed by atoms with Gasteiger partial charge in [-0.25, -0.2) is 14.4 Å². The third-order valence-corrected chi connectivity index (χ3v) is 9.91. The van der Waals surface area contributed by atoms with Crippen molar-refractivity contribution in [3.63, 3.8) is 0 Å². The third kappa shape index (κ3) is 13.3. The summed E-state index contributed by atoms with van der Waals surface area (Å²) in [6.45, 7) is 4.67. The molecule has 0 saturated carbocycles. The zero-order valence-corrected chi connectivity index (χ0v) is 30.3. The van der Waals surface area contributed by atoms with Crippen LogP contribution >= 0.6 is 11.8 Å². The summed E-state index contributed by atoms with van der Waals surface area (Å²) in [5, 5.41) is 12.0. The summed E-state index contributed by atoms with van der Waals surface area (Å²) in [5.41, 5.74) is 1.72. The monoisotopic (exact) mass is 726 g/mol. The van der Waals surface area contributed by atoms with Crippen molar-refractivity contribution < 1.29 is 42.9 Å². The fourth-order valence-electron chi connectivity index (χ4n) is 5.59. The number of benzene rings is 2. The number of carbonyl (C=O) groups is 5. The van der Waals surface area contributed by atoms with E-state index in [-0.39, 0.29) is 56.2 Å². The van der Waals surface area contributed by atoms with Crippen LogP contribution in [0.3, 0.4) is 0 Å². The Bertz CT molecular complexity index is 1470. The van der Waals surface area contributed by atoms with E-state index in [1.165, 1.54) is 0 Å². The molecule has 13 nitrogen and oxygen atoms in total. The summed E-state index contributed by atoms with van der Waals surface area (Å²) in [5.74, 6) is 0.312. The minimum atomic E-state index is -0.504. The van der Waals surface area contributed by atoms with E-state index in [1.54, 1.807) is 42.5 Å². The van der Waals surface area contributed by atoms with Gasteiger partial charge in [-0.3, -0.25) is 9.59 Å². The predicted octanol–water partition coefficient (Wildman–Crippen LogP) is 4.37. The van der Waals surface area contributed by atoms with E-state index in [9.17, 15) is 24.0 Å². The largest absolute Gasteiger partial charge is 0.482 e. The van der Waals surface area contributed by atoms with Gasteiger partial charge in [0.05, 0.1) is 25.3 Å². The van der Waals surface area contributed by atoms with Gasteiger partial charge in [0.1, 0.15) is 11.5 Å². The van der Waals surface area contributed by atoms with Crippen LogP contribution in [0.4, 0.5) is 4.79 Å². The maximum Gasteiger partial charge on any atom is 0.344 e. The summed E-state index contributed by atoms with van der Waals surface area (Å²) in [4.78, 5) is 61.3. The number of thioether (sulfide) groups is 1. The molecule has 4 rings (SSSR count). The quantitative estimate of drug-likeness (QED) is 0.0777. The number of ether oxygens (including phenoxy) is 4. The number of nitrogens with one attached hydrogen (secondary N) is 4. The Balaban J connectivity index is 1.26. The van der Waals surface area contributed by atoms with Crippen molar-refractivity contribution >= 4 is 41.5 Å². The van der Waals surface area contributed by atoms with Gasteiger partial charge in [-0.15, -0.1) is 0 Å². The average Bonchev–Trinajstić information content (AvgIpc) is 3.69. The molecule has 14 heteroatoms. The zero-order valence-electron chi connectivity index (χ0n) is 29.5. The molecule has 0 radical (unpaired) electrons. The first kappa shape index (κ1) is 39.3. The first-order valence-corrected chi connectivity index (χ1v) is 18.9. The van der Waals surface area contributed by atoms with E-state index in [4.69, 9.17) is 18.9 Å². The number of urea groups is 1. The molecule has 51 heavy (non-hydrogen) atoms. The van der Waals surface area contributed by atoms with E-state index in [0.717, 1.165) is 56.3 Å². The minimum absolute atomic E-state index is 0.0821. The molecule has 4 N–H and O–H groups in total. The maximum atomic E-state index is 13.2. The maximum absolute atomic E-state index is 13.2. The minimum Gasteiger partial charge on any atom is -0.482 e. The summed E-state index contributed by atoms with van der Waals surface area (Å²) < 4.78 is 21.6. The fourth-order valence-corrected chi connectivity index (χ4v) is 7.14. The molecule has 0 aromatic heterocycles. The number of rotatable bonds is 22. The number of carbonyl (C=O) groups excluding carboxylic acids is 5. The smallest absolute Gasteiger partial charge is 0.344 e. The SMILES string of the molecule is CCCCOC(=O)COc1ccc(-c2cc(OCC(=O)OCCCC)cc(C(=O)NCCNC(=O)CCCC[C@@H]3SC[C@@H]4NC(=O)N[C@@H]43)c2)cc1. The second kappa shape index (κ2) is 21.0. The standard InChI is InChI=1S/C37H50N4O9S/c1-3-5-17-47-33(43)22-49-28-13-11-25(12-14-28)26-19-27(21-29(20-26)50-23-34(44)48-18-6-4-2)36(45)39-16-15-38-32(42)10-8-7-9-31-35-30(24-51-31)40-37(46)41-35/h11-14,19-21,30-31,35H,3-10,15-18,22-24H2,1-2H3,(H,38,42)(H,39,45)(H2,40,41,46)/t30-,31-,35-/m0/s1. The number of esters is 2. The number of unbranched alkanes of at least 4 members (excludes halogenated alkanes) is 3. The molecule has 0 aliphatic carbocycles. The van der Waals surface area contributed by atoms with E-state index < -0.39 is 11.9 Å². The highest BCUT2D eigenvalue weighted by molar-refractivity contribution is 8.00. The van der Waals surface area contributed by atoms with Crippen LogP contribution in [0.5, 0.6) is 11.5 Å². The number of hydrogen-bond donors (Lipinski definition) is 4. The van der Waals surface area contributed by atoms with Gasteiger partial charge in [0, 0.05) is 36.1 Å². The Kier molecular flexibility index (Phi) is 16.2. The van der Waals surface area contributed by atoms with E-state index in [0.29, 0.717) is 47.5 Å². The van der Waals surface area contributed by atoms with Gasteiger partial charge in [-0.2, -0.15) is 11.8 Å². The van der Waals surface area contributed by atoms with Gasteiger partial charge in [-0.1, -0.05) is 45.2 Å². The molecule has 2 aromatic carbocycles. The van der Waals surface area contributed by atoms with Crippen LogP contribution in [0.2, 0.25) is 0 Å². The normalized spacial score (nSPS) is 17.5. The molecule has 2 aliphatic heterocycles. The molecule has 2 fully saturated rings. The molecule has 278 valence electrons. The van der Waals surface area contributed by atoms with Crippen LogP contribution in [0, 0.1) is 0 Å². The third-order valence-electron chi connectivity index (χ3n) is 8.40. The summed E-state index contributed by atoms with van der Waals surface area (Å²) in [6.07, 6.45) is 6.34. The van der Waals surface area contributed by atoms with Crippen molar-refractivity contribution in [1.82, 2.24) is 21.3 Å². The Morgan fingerprint density at radius 1 is 0.784 bits per heavy atom. The molecule has 2 saturated heterocycles. The van der Waals surface area contributed by atoms with Crippen LogP contribution in [0.25, 0.3) is 11.1 Å². The molecule has 2 heterocycles. The Morgan fingerprint density at radius 2 is 1.45 bits per heavy atom. The molecular weight excluding hydrogens is 676 g/mol. The number of hydrogen-bond acceptors (Lipinski definition) is 10. The summed E-state index contributed by atoms with van der Waals surface area (Å²) in [6, 6.07) is 12.2. The number of fused-ring (bicyclic) bond motifs is 1. The second-order valence-corrected chi connectivity index (χ2v) is 13.7. The van der Waals surface area contributed by atoms with Crippen molar-refractivity contribution in [2.45, 2.75) is 82.5 Å². The zero-order chi connectivity index (χ0) is 36.4. The van der Waals surface area contributed by atoms with Crippen molar-refractivity contribution in [1.29, 1.82) is 0 Å². The topological polar surface area (TPSA) is 170 Å². The first-order chi connectivity index (χ1) is 24.7. The van der Waals surface area contributed by atoms with Crippen LogP contribution in [-0.4, -0.2) is 92.4 Å². The molecule has 0 spiro atoms. The average molecular weight is 727 g/mol. The van der Waals surface area contributed by atoms with Gasteiger partial charge in [-0.05, 0) is 67.1 Å². The Labute approximate surface area is 303 Å². The molecule has 2 aliphatic rings. The van der Waals surface area contributed by atoms with Gasteiger partial charge in [0.2, 0.25) is 5.91 Å². The highest BCUT2D eigenvalue weighted by Gasteiger charge is 2.42. The van der Waals surface area contributed by atoms with E-state index >= 15 is 0 Å². The predicted molar refractivity (Wildman–Crippen MR) is 194 cm³/mol. The molecular formula is C37H50N4O9S. The first-order valence-electron chi connectivity index (χ1n) is 17.8. The van der Waals surface area contributed by atoms with Crippen molar-refractivity contribution in [2.24, 2.45) is 0 Å². The lowest BCUT2D eigenvalue weighted by Gasteiger charge is -2.16. The van der Waals surface area contributed by atoms with Crippen LogP contribution in [0.1, 0.15) is 75.6 Å². The lowest BCUT2D eigenvalue weighted by atomic mass is 10.0. The summed E-state index contributed by atoms with van der Waals surface area (Å²) >= 11 is 1.86. The van der Waals surface area contributed by atoms with Crippen molar-refractivity contribution in [2.75, 3.05) is 45.3 Å². The highest BCUT2D eigenvalue weighted by Crippen LogP contribution is 2.33. The number of amides is 4. The molecule has 0 unspecified atom stereocenters. The summed E-state index contributed by atoms with van der Waals surface area (Å²) in [7, 11) is 0. The van der Waals surface area contributed by atoms with Gasteiger partial charge >= 0.3 is 18.0 Å². The molecule has 0 bridgehead atoms. The lowest BCUT2D eigenvalue weighted by Crippen LogP contribution is -2.36. The van der Waals surface area contributed by atoms with Crippen molar-refractivity contribution in [3.8, 4) is 22.6 Å². The highest BCUT2D eigenvalue weighted by atomic mass is 32.2. The molecule has 2 aromatic rings. The second-order valence-electron chi connectivity index (χ2n) is 12.5.